The van der Waals surface area contributed by atoms with E-state index in [-0.39, 0.29) is 0 Å². The van der Waals surface area contributed by atoms with Crippen LogP contribution in [0.4, 0.5) is 0 Å². The third-order valence-corrected chi connectivity index (χ3v) is 3.27. The zero-order valence-electron chi connectivity index (χ0n) is 8.15. The largest absolute Gasteiger partial charge is 0.127 e. The van der Waals surface area contributed by atoms with Crippen molar-refractivity contribution in [3.63, 3.8) is 0 Å². The molecule has 0 aliphatic heterocycles. The van der Waals surface area contributed by atoms with Gasteiger partial charge in [-0.1, -0.05) is 18.6 Å². The van der Waals surface area contributed by atoms with Crippen molar-refractivity contribution >= 4 is 11.6 Å². The lowest BCUT2D eigenvalue weighted by atomic mass is 9.81. The van der Waals surface area contributed by atoms with Crippen LogP contribution in [0.3, 0.4) is 0 Å². The van der Waals surface area contributed by atoms with E-state index in [9.17, 15) is 0 Å². The van der Waals surface area contributed by atoms with Crippen LogP contribution in [0.15, 0.2) is 11.6 Å². The van der Waals surface area contributed by atoms with Gasteiger partial charge in [-0.05, 0) is 44.4 Å². The molecule has 0 aromatic heterocycles. The first kappa shape index (κ1) is 10.1. The minimum atomic E-state index is 0.812. The van der Waals surface area contributed by atoms with Crippen molar-refractivity contribution in [2.75, 3.05) is 5.88 Å². The predicted octanol–water partition coefficient (Wildman–Crippen LogP) is 4.00. The summed E-state index contributed by atoms with van der Waals surface area (Å²) in [5.74, 6) is 2.53. The molecule has 1 aliphatic carbocycles. The second-order valence-electron chi connectivity index (χ2n) is 4.04. The van der Waals surface area contributed by atoms with Crippen LogP contribution in [-0.2, 0) is 0 Å². The molecule has 0 amide bonds. The van der Waals surface area contributed by atoms with E-state index in [0.717, 1.165) is 17.7 Å². The number of alkyl halides is 1. The molecule has 0 saturated carbocycles. The lowest BCUT2D eigenvalue weighted by Gasteiger charge is -2.25. The minimum absolute atomic E-state index is 0.812. The summed E-state index contributed by atoms with van der Waals surface area (Å²) in [7, 11) is 0. The molecule has 0 spiro atoms. The molecule has 0 radical (unpaired) electrons. The molecule has 1 heteroatoms. The van der Waals surface area contributed by atoms with Crippen LogP contribution in [0.5, 0.6) is 0 Å². The second kappa shape index (κ2) is 4.91. The lowest BCUT2D eigenvalue weighted by molar-refractivity contribution is 0.320. The van der Waals surface area contributed by atoms with Gasteiger partial charge in [-0.2, -0.15) is 0 Å². The van der Waals surface area contributed by atoms with Crippen molar-refractivity contribution in [1.82, 2.24) is 0 Å². The molecule has 70 valence electrons. The molecule has 2 unspecified atom stereocenters. The topological polar surface area (TPSA) is 0 Å². The van der Waals surface area contributed by atoms with Gasteiger partial charge >= 0.3 is 0 Å². The maximum atomic E-state index is 5.73. The van der Waals surface area contributed by atoms with Gasteiger partial charge in [-0.15, -0.1) is 11.6 Å². The van der Waals surface area contributed by atoms with Crippen LogP contribution < -0.4 is 0 Å². The Morgan fingerprint density at radius 2 is 2.42 bits per heavy atom. The molecule has 0 bridgehead atoms. The molecular formula is C11H19Cl. The van der Waals surface area contributed by atoms with Gasteiger partial charge < -0.3 is 0 Å². The Labute approximate surface area is 81.0 Å². The van der Waals surface area contributed by atoms with Gasteiger partial charge in [0.1, 0.15) is 0 Å². The summed E-state index contributed by atoms with van der Waals surface area (Å²) in [6.07, 6.45) is 7.54. The monoisotopic (exact) mass is 186 g/mol. The minimum Gasteiger partial charge on any atom is -0.127 e. The number of rotatable bonds is 3. The fraction of sp³-hybridized carbons (Fsp3) is 0.818. The molecule has 0 fully saturated rings. The summed E-state index contributed by atoms with van der Waals surface area (Å²) in [5, 5.41) is 0. The van der Waals surface area contributed by atoms with E-state index in [1.807, 2.05) is 0 Å². The van der Waals surface area contributed by atoms with Gasteiger partial charge in [-0.3, -0.25) is 0 Å². The van der Waals surface area contributed by atoms with Crippen LogP contribution in [0.2, 0.25) is 0 Å². The van der Waals surface area contributed by atoms with Gasteiger partial charge in [0.15, 0.2) is 0 Å². The number of hydrogen-bond donors (Lipinski definition) is 0. The maximum absolute atomic E-state index is 5.73. The van der Waals surface area contributed by atoms with E-state index in [1.54, 1.807) is 5.57 Å². The first-order chi connectivity index (χ1) is 5.74. The normalized spacial score (nSPS) is 26.6. The summed E-state index contributed by atoms with van der Waals surface area (Å²) >= 11 is 5.73. The van der Waals surface area contributed by atoms with Gasteiger partial charge in [0.2, 0.25) is 0 Å². The Morgan fingerprint density at radius 3 is 2.92 bits per heavy atom. The van der Waals surface area contributed by atoms with Crippen molar-refractivity contribution in [2.45, 2.75) is 39.5 Å². The lowest BCUT2D eigenvalue weighted by Crippen LogP contribution is -2.14. The fourth-order valence-corrected chi connectivity index (χ4v) is 2.25. The van der Waals surface area contributed by atoms with Crippen molar-refractivity contribution in [1.29, 1.82) is 0 Å². The summed E-state index contributed by atoms with van der Waals surface area (Å²) in [6, 6.07) is 0. The Bertz CT molecular complexity index is 160. The van der Waals surface area contributed by atoms with E-state index < -0.39 is 0 Å². The molecule has 1 aliphatic rings. The highest BCUT2D eigenvalue weighted by atomic mass is 35.5. The van der Waals surface area contributed by atoms with Gasteiger partial charge in [0.25, 0.3) is 0 Å². The summed E-state index contributed by atoms with van der Waals surface area (Å²) in [4.78, 5) is 0. The molecule has 0 aromatic rings. The molecule has 0 nitrogen and oxygen atoms in total. The van der Waals surface area contributed by atoms with Gasteiger partial charge in [0, 0.05) is 5.88 Å². The van der Waals surface area contributed by atoms with E-state index in [0.29, 0.717) is 0 Å². The van der Waals surface area contributed by atoms with E-state index in [4.69, 9.17) is 11.6 Å². The zero-order valence-corrected chi connectivity index (χ0v) is 8.90. The predicted molar refractivity (Wildman–Crippen MR) is 55.6 cm³/mol. The van der Waals surface area contributed by atoms with E-state index in [2.05, 4.69) is 19.9 Å². The first-order valence-corrected chi connectivity index (χ1v) is 5.49. The molecule has 0 saturated heterocycles. The molecule has 12 heavy (non-hydrogen) atoms. The highest BCUT2D eigenvalue weighted by Gasteiger charge is 2.18. The van der Waals surface area contributed by atoms with E-state index >= 15 is 0 Å². The summed E-state index contributed by atoms with van der Waals surface area (Å²) in [6.45, 7) is 4.57. The Kier molecular flexibility index (Phi) is 4.14. The molecule has 0 N–H and O–H groups in total. The van der Waals surface area contributed by atoms with Gasteiger partial charge in [0.05, 0.1) is 0 Å². The standard InChI is InChI=1S/C11H19Cl/c1-9-3-5-11(6-4-9)10(2)7-8-12/h3,10-11H,4-8H2,1-2H3. The second-order valence-corrected chi connectivity index (χ2v) is 4.42. The third-order valence-electron chi connectivity index (χ3n) is 3.05. The van der Waals surface area contributed by atoms with Crippen molar-refractivity contribution < 1.29 is 0 Å². The quantitative estimate of drug-likeness (QED) is 0.462. The number of halogens is 1. The van der Waals surface area contributed by atoms with Crippen LogP contribution >= 0.6 is 11.6 Å². The molecular weight excluding hydrogens is 168 g/mol. The third kappa shape index (κ3) is 2.82. The van der Waals surface area contributed by atoms with Crippen molar-refractivity contribution in [2.24, 2.45) is 11.8 Å². The summed E-state index contributed by atoms with van der Waals surface area (Å²) < 4.78 is 0. The van der Waals surface area contributed by atoms with Crippen LogP contribution in [0.1, 0.15) is 39.5 Å². The number of allylic oxidation sites excluding steroid dienone is 2. The highest BCUT2D eigenvalue weighted by molar-refractivity contribution is 6.17. The average Bonchev–Trinajstić information content (AvgIpc) is 2.06. The average molecular weight is 187 g/mol. The molecule has 0 aromatic carbocycles. The summed E-state index contributed by atoms with van der Waals surface area (Å²) in [5.41, 5.74) is 1.57. The van der Waals surface area contributed by atoms with Crippen LogP contribution in [0, 0.1) is 11.8 Å². The Balaban J connectivity index is 2.34. The SMILES string of the molecule is CC1=CCC(C(C)CCCl)CC1. The van der Waals surface area contributed by atoms with Crippen molar-refractivity contribution in [3.8, 4) is 0 Å². The Morgan fingerprint density at radius 1 is 1.67 bits per heavy atom. The molecule has 1 rings (SSSR count). The van der Waals surface area contributed by atoms with E-state index in [1.165, 1.54) is 25.7 Å². The smallest absolute Gasteiger partial charge is 0.0226 e. The molecule has 2 atom stereocenters. The zero-order chi connectivity index (χ0) is 8.97. The van der Waals surface area contributed by atoms with Crippen LogP contribution in [-0.4, -0.2) is 5.88 Å². The maximum Gasteiger partial charge on any atom is 0.0226 e. The molecule has 0 heterocycles. The number of hydrogen-bond acceptors (Lipinski definition) is 0. The van der Waals surface area contributed by atoms with Crippen LogP contribution in [0.25, 0.3) is 0 Å². The first-order valence-electron chi connectivity index (χ1n) is 4.95. The van der Waals surface area contributed by atoms with Crippen molar-refractivity contribution in [3.05, 3.63) is 11.6 Å². The fourth-order valence-electron chi connectivity index (χ4n) is 1.91. The Hall–Kier alpha value is 0.0300. The van der Waals surface area contributed by atoms with Gasteiger partial charge in [-0.25, -0.2) is 0 Å². The highest BCUT2D eigenvalue weighted by Crippen LogP contribution is 2.30.